The van der Waals surface area contributed by atoms with Crippen LogP contribution in [0.25, 0.3) is 5.65 Å². The monoisotopic (exact) mass is 335 g/mol. The van der Waals surface area contributed by atoms with Crippen LogP contribution in [0, 0.1) is 10.1 Å². The van der Waals surface area contributed by atoms with Crippen LogP contribution < -0.4 is 10.1 Å². The number of nitro groups is 1. The third kappa shape index (κ3) is 3.21. The number of nitrogens with one attached hydrogen (secondary N) is 1. The van der Waals surface area contributed by atoms with Crippen LogP contribution >= 0.6 is 0 Å². The topological polar surface area (TPSA) is 94.6 Å². The number of nitro benzene ring substituents is 1. The number of ether oxygens (including phenoxy) is 1. The van der Waals surface area contributed by atoms with Crippen LogP contribution in [-0.2, 0) is 6.54 Å². The van der Waals surface area contributed by atoms with E-state index in [-0.39, 0.29) is 0 Å². The first-order chi connectivity index (χ1) is 11.5. The summed E-state index contributed by atoms with van der Waals surface area (Å²) in [5.41, 5.74) is 1.31. The fraction of sp³-hybridized carbons (Fsp3) is 0.143. The number of fused-ring (bicyclic) bond motifs is 1. The molecule has 0 radical (unpaired) electrons. The van der Waals surface area contributed by atoms with Gasteiger partial charge in [0.05, 0.1) is 23.4 Å². The molecule has 0 aliphatic carbocycles. The first-order valence-corrected chi connectivity index (χ1v) is 6.79. The van der Waals surface area contributed by atoms with Crippen molar-refractivity contribution in [3.05, 3.63) is 58.5 Å². The number of rotatable bonds is 6. The Morgan fingerprint density at radius 1 is 1.29 bits per heavy atom. The smallest absolute Gasteiger partial charge is 0.387 e. The minimum absolute atomic E-state index is 0.312. The van der Waals surface area contributed by atoms with Crippen molar-refractivity contribution in [3.63, 3.8) is 0 Å². The summed E-state index contributed by atoms with van der Waals surface area (Å²) >= 11 is 0. The van der Waals surface area contributed by atoms with Gasteiger partial charge in [-0.05, 0) is 12.1 Å². The lowest BCUT2D eigenvalue weighted by atomic mass is 10.2. The Morgan fingerprint density at radius 3 is 2.88 bits per heavy atom. The Bertz CT molecular complexity index is 884. The van der Waals surface area contributed by atoms with Crippen molar-refractivity contribution in [3.8, 4) is 5.75 Å². The van der Waals surface area contributed by atoms with E-state index in [1.54, 1.807) is 29.0 Å². The third-order valence-corrected chi connectivity index (χ3v) is 3.21. The molecule has 0 fully saturated rings. The molecule has 8 nitrogen and oxygen atoms in total. The number of anilines is 1. The van der Waals surface area contributed by atoms with Crippen LogP contribution in [0.15, 0.2) is 42.7 Å². The van der Waals surface area contributed by atoms with Gasteiger partial charge in [-0.2, -0.15) is 13.9 Å². The largest absolute Gasteiger partial charge is 0.427 e. The Hall–Kier alpha value is -3.30. The van der Waals surface area contributed by atoms with E-state index < -0.39 is 23.0 Å². The van der Waals surface area contributed by atoms with E-state index in [4.69, 9.17) is 0 Å². The second kappa shape index (κ2) is 6.44. The van der Waals surface area contributed by atoms with E-state index in [1.165, 1.54) is 6.07 Å². The van der Waals surface area contributed by atoms with Gasteiger partial charge in [0.15, 0.2) is 5.65 Å². The summed E-state index contributed by atoms with van der Waals surface area (Å²) in [5.74, 6) is -0.501. The predicted octanol–water partition coefficient (Wildman–Crippen LogP) is 2.85. The van der Waals surface area contributed by atoms with Gasteiger partial charge in [-0.25, -0.2) is 9.50 Å². The maximum Gasteiger partial charge on any atom is 0.387 e. The van der Waals surface area contributed by atoms with Crippen LogP contribution in [0.2, 0.25) is 0 Å². The van der Waals surface area contributed by atoms with Gasteiger partial charge in [0.2, 0.25) is 5.75 Å². The molecule has 0 bridgehead atoms. The van der Waals surface area contributed by atoms with Crippen molar-refractivity contribution in [2.75, 3.05) is 5.32 Å². The molecule has 0 aliphatic heterocycles. The molecule has 24 heavy (non-hydrogen) atoms. The molecule has 0 unspecified atom stereocenters. The van der Waals surface area contributed by atoms with E-state index in [9.17, 15) is 18.9 Å². The molecule has 1 aromatic carbocycles. The highest BCUT2D eigenvalue weighted by molar-refractivity contribution is 5.58. The average molecular weight is 335 g/mol. The first kappa shape index (κ1) is 15.6. The average Bonchev–Trinajstić information content (AvgIpc) is 3.01. The molecule has 0 saturated carbocycles. The van der Waals surface area contributed by atoms with Crippen molar-refractivity contribution < 1.29 is 18.4 Å². The highest BCUT2D eigenvalue weighted by Crippen LogP contribution is 2.31. The second-order valence-electron chi connectivity index (χ2n) is 4.71. The minimum Gasteiger partial charge on any atom is -0.427 e. The molecule has 0 saturated heterocycles. The quantitative estimate of drug-likeness (QED) is 0.550. The summed E-state index contributed by atoms with van der Waals surface area (Å²) in [4.78, 5) is 14.2. The maximum atomic E-state index is 12.4. The summed E-state index contributed by atoms with van der Waals surface area (Å²) in [6, 6.07) is 7.17. The molecular formula is C14H11F2N5O3. The Balaban J connectivity index is 1.82. The normalized spacial score (nSPS) is 11.0. The summed E-state index contributed by atoms with van der Waals surface area (Å²) < 4.78 is 30.6. The molecule has 2 aromatic heterocycles. The van der Waals surface area contributed by atoms with E-state index in [0.29, 0.717) is 17.9 Å². The van der Waals surface area contributed by atoms with Crippen molar-refractivity contribution in [2.45, 2.75) is 13.2 Å². The van der Waals surface area contributed by atoms with E-state index in [1.807, 2.05) is 0 Å². The zero-order valence-corrected chi connectivity index (χ0v) is 12.1. The standard InChI is InChI=1S/C14H11F2N5O3/c15-14(16)24-12-7-9(1-2-11(12)21(22)23)18-8-10-3-5-17-13-4-6-19-20(10)13/h1-7,14,18H,8H2. The van der Waals surface area contributed by atoms with Gasteiger partial charge in [-0.15, -0.1) is 0 Å². The van der Waals surface area contributed by atoms with E-state index in [0.717, 1.165) is 17.8 Å². The summed E-state index contributed by atoms with van der Waals surface area (Å²) in [7, 11) is 0. The number of nitrogens with zero attached hydrogens (tertiary/aromatic N) is 4. The lowest BCUT2D eigenvalue weighted by molar-refractivity contribution is -0.386. The van der Waals surface area contributed by atoms with Crippen molar-refractivity contribution >= 4 is 17.0 Å². The zero-order valence-electron chi connectivity index (χ0n) is 12.1. The molecule has 2 heterocycles. The molecule has 0 atom stereocenters. The highest BCUT2D eigenvalue weighted by Gasteiger charge is 2.19. The second-order valence-corrected chi connectivity index (χ2v) is 4.71. The zero-order chi connectivity index (χ0) is 17.1. The van der Waals surface area contributed by atoms with Crippen molar-refractivity contribution in [1.29, 1.82) is 0 Å². The molecular weight excluding hydrogens is 324 g/mol. The van der Waals surface area contributed by atoms with Gasteiger partial charge in [0.25, 0.3) is 0 Å². The number of aromatic nitrogens is 3. The lowest BCUT2D eigenvalue weighted by Gasteiger charge is -2.10. The molecule has 3 aromatic rings. The first-order valence-electron chi connectivity index (χ1n) is 6.79. The van der Waals surface area contributed by atoms with Crippen LogP contribution in [0.4, 0.5) is 20.2 Å². The van der Waals surface area contributed by atoms with Crippen LogP contribution in [-0.4, -0.2) is 26.1 Å². The fourth-order valence-electron chi connectivity index (χ4n) is 2.18. The van der Waals surface area contributed by atoms with Gasteiger partial charge in [0.1, 0.15) is 0 Å². The van der Waals surface area contributed by atoms with E-state index in [2.05, 4.69) is 20.1 Å². The van der Waals surface area contributed by atoms with Gasteiger partial charge in [-0.3, -0.25) is 10.1 Å². The highest BCUT2D eigenvalue weighted by atomic mass is 19.3. The minimum atomic E-state index is -3.15. The van der Waals surface area contributed by atoms with Crippen LogP contribution in [0.5, 0.6) is 5.75 Å². The Morgan fingerprint density at radius 2 is 2.12 bits per heavy atom. The fourth-order valence-corrected chi connectivity index (χ4v) is 2.18. The number of hydrogen-bond donors (Lipinski definition) is 1. The van der Waals surface area contributed by atoms with Gasteiger partial charge in [0, 0.05) is 30.1 Å². The molecule has 0 amide bonds. The molecule has 124 valence electrons. The van der Waals surface area contributed by atoms with Gasteiger partial charge >= 0.3 is 12.3 Å². The SMILES string of the molecule is O=[N+]([O-])c1ccc(NCc2ccnc3ccnn23)cc1OC(F)F. The Kier molecular flexibility index (Phi) is 4.18. The van der Waals surface area contributed by atoms with Crippen LogP contribution in [0.3, 0.4) is 0 Å². The molecule has 0 spiro atoms. The maximum absolute atomic E-state index is 12.4. The number of halogens is 2. The molecule has 3 rings (SSSR count). The summed E-state index contributed by atoms with van der Waals surface area (Å²) in [5, 5.41) is 18.0. The van der Waals surface area contributed by atoms with Crippen LogP contribution in [0.1, 0.15) is 5.69 Å². The molecule has 1 N–H and O–H groups in total. The van der Waals surface area contributed by atoms with Gasteiger partial charge in [-0.1, -0.05) is 0 Å². The molecule has 0 aliphatic rings. The van der Waals surface area contributed by atoms with Crippen molar-refractivity contribution in [2.24, 2.45) is 0 Å². The predicted molar refractivity (Wildman–Crippen MR) is 80.0 cm³/mol. The third-order valence-electron chi connectivity index (χ3n) is 3.21. The van der Waals surface area contributed by atoms with Gasteiger partial charge < -0.3 is 10.1 Å². The van der Waals surface area contributed by atoms with Crippen molar-refractivity contribution in [1.82, 2.24) is 14.6 Å². The number of benzene rings is 1. The molecule has 10 heteroatoms. The number of alkyl halides is 2. The van der Waals surface area contributed by atoms with E-state index >= 15 is 0 Å². The summed E-state index contributed by atoms with van der Waals surface area (Å²) in [6.45, 7) is -2.84. The lowest BCUT2D eigenvalue weighted by Crippen LogP contribution is -2.08. The summed E-state index contributed by atoms with van der Waals surface area (Å²) in [6.07, 6.45) is 3.22. The number of hydrogen-bond acceptors (Lipinski definition) is 6. The Labute approximate surface area is 133 Å².